The molecule has 1 aromatic carbocycles. The third kappa shape index (κ3) is 1.84. The summed E-state index contributed by atoms with van der Waals surface area (Å²) in [4.78, 5) is 10.5. The van der Waals surface area contributed by atoms with E-state index < -0.39 is 5.91 Å². The lowest BCUT2D eigenvalue weighted by Crippen LogP contribution is -2.06. The van der Waals surface area contributed by atoms with Gasteiger partial charge in [0.2, 0.25) is 0 Å². The van der Waals surface area contributed by atoms with E-state index in [1.54, 1.807) is 0 Å². The number of nitrogens with two attached hydrogens (primary N) is 1. The van der Waals surface area contributed by atoms with Crippen LogP contribution in [0.3, 0.4) is 0 Å². The molecule has 0 radical (unpaired) electrons. The molecule has 1 heterocycles. The summed E-state index contributed by atoms with van der Waals surface area (Å²) in [5.41, 5.74) is 6.88. The van der Waals surface area contributed by atoms with E-state index in [1.807, 2.05) is 42.1 Å². The molecule has 2 rings (SSSR count). The third-order valence-electron chi connectivity index (χ3n) is 2.22. The maximum atomic E-state index is 10.5. The predicted molar refractivity (Wildman–Crippen MR) is 59.0 cm³/mol. The van der Waals surface area contributed by atoms with Crippen LogP contribution in [0.15, 0.2) is 30.5 Å². The number of fused-ring (bicyclic) bond motifs is 1. The number of primary amides is 1. The third-order valence-corrected chi connectivity index (χ3v) is 2.22. The number of nitrogens with zero attached hydrogens (tertiary/aromatic N) is 1. The first-order valence-corrected chi connectivity index (χ1v) is 4.53. The highest BCUT2D eigenvalue weighted by molar-refractivity contribution is 5.93. The van der Waals surface area contributed by atoms with Gasteiger partial charge in [0.05, 0.1) is 0 Å². The van der Waals surface area contributed by atoms with Crippen LogP contribution < -0.4 is 5.73 Å². The van der Waals surface area contributed by atoms with E-state index in [-0.39, 0.29) is 0 Å². The second-order valence-corrected chi connectivity index (χ2v) is 3.31. The van der Waals surface area contributed by atoms with Crippen molar-refractivity contribution in [2.24, 2.45) is 12.8 Å². The largest absolute Gasteiger partial charge is 0.359 e. The van der Waals surface area contributed by atoms with Gasteiger partial charge < -0.3 is 10.3 Å². The first kappa shape index (κ1) is 9.35. The lowest BCUT2D eigenvalue weighted by Gasteiger charge is -1.95. The average molecular weight is 198 g/mol. The zero-order valence-corrected chi connectivity index (χ0v) is 8.32. The molecule has 0 saturated carbocycles. The molecule has 3 heteroatoms. The molecule has 0 fully saturated rings. The molecule has 0 atom stereocenters. The van der Waals surface area contributed by atoms with Crippen LogP contribution in [0.1, 0.15) is 5.56 Å². The Morgan fingerprint density at radius 2 is 2.20 bits per heavy atom. The van der Waals surface area contributed by atoms with Crippen LogP contribution in [0, 0.1) is 11.8 Å². The number of carbonyl (C=O) groups excluding carboxylic acids is 1. The molecule has 74 valence electrons. The molecule has 1 amide bonds. The monoisotopic (exact) mass is 198 g/mol. The van der Waals surface area contributed by atoms with Gasteiger partial charge >= 0.3 is 0 Å². The molecular formula is C12H10N2O. The van der Waals surface area contributed by atoms with Gasteiger partial charge in [-0.3, -0.25) is 4.79 Å². The van der Waals surface area contributed by atoms with E-state index in [4.69, 9.17) is 5.73 Å². The summed E-state index contributed by atoms with van der Waals surface area (Å²) in [6.45, 7) is 0. The average Bonchev–Trinajstić information content (AvgIpc) is 2.57. The van der Waals surface area contributed by atoms with Crippen molar-refractivity contribution in [3.8, 4) is 11.8 Å². The van der Waals surface area contributed by atoms with Crippen molar-refractivity contribution in [3.05, 3.63) is 36.0 Å². The Hall–Kier alpha value is -2.21. The Bertz CT molecular complexity index is 584. The van der Waals surface area contributed by atoms with Crippen molar-refractivity contribution in [3.63, 3.8) is 0 Å². The van der Waals surface area contributed by atoms with Gasteiger partial charge in [0.25, 0.3) is 5.91 Å². The number of hydrogen-bond donors (Lipinski definition) is 1. The molecule has 0 unspecified atom stereocenters. The summed E-state index contributed by atoms with van der Waals surface area (Å²) in [5, 5.41) is 1.11. The second kappa shape index (κ2) is 3.50. The highest BCUT2D eigenvalue weighted by Crippen LogP contribution is 2.15. The molecule has 0 saturated heterocycles. The van der Waals surface area contributed by atoms with Crippen molar-refractivity contribution < 1.29 is 4.79 Å². The minimum Gasteiger partial charge on any atom is -0.359 e. The van der Waals surface area contributed by atoms with Crippen LogP contribution in [0.4, 0.5) is 0 Å². The molecule has 2 N–H and O–H groups in total. The first-order valence-electron chi connectivity index (χ1n) is 4.53. The predicted octanol–water partition coefficient (Wildman–Crippen LogP) is 1.02. The fourth-order valence-corrected chi connectivity index (χ4v) is 1.49. The van der Waals surface area contributed by atoms with Crippen LogP contribution >= 0.6 is 0 Å². The highest BCUT2D eigenvalue weighted by Gasteiger charge is 1.97. The summed E-state index contributed by atoms with van der Waals surface area (Å²) >= 11 is 0. The number of carbonyl (C=O) groups is 1. The Morgan fingerprint density at radius 1 is 1.40 bits per heavy atom. The number of aromatic nitrogens is 1. The van der Waals surface area contributed by atoms with Crippen LogP contribution in [0.5, 0.6) is 0 Å². The van der Waals surface area contributed by atoms with Crippen molar-refractivity contribution >= 4 is 16.8 Å². The summed E-state index contributed by atoms with van der Waals surface area (Å²) in [5.74, 6) is 4.42. The molecule has 0 aliphatic carbocycles. The molecule has 15 heavy (non-hydrogen) atoms. The normalized spacial score (nSPS) is 9.67. The van der Waals surface area contributed by atoms with Crippen LogP contribution in [-0.2, 0) is 11.8 Å². The fourth-order valence-electron chi connectivity index (χ4n) is 1.49. The minimum absolute atomic E-state index is 0.608. The molecule has 1 aromatic heterocycles. The molecule has 0 aliphatic heterocycles. The topological polar surface area (TPSA) is 48.0 Å². The van der Waals surface area contributed by atoms with Gasteiger partial charge in [0.15, 0.2) is 0 Å². The van der Waals surface area contributed by atoms with Gasteiger partial charge in [-0.2, -0.15) is 0 Å². The van der Waals surface area contributed by atoms with Crippen molar-refractivity contribution in [2.75, 3.05) is 0 Å². The van der Waals surface area contributed by atoms with E-state index in [0.717, 1.165) is 16.5 Å². The van der Waals surface area contributed by atoms with Gasteiger partial charge in [0, 0.05) is 29.7 Å². The molecule has 0 spiro atoms. The maximum absolute atomic E-state index is 10.5. The van der Waals surface area contributed by atoms with Crippen LogP contribution in [0.2, 0.25) is 0 Å². The minimum atomic E-state index is -0.608. The quantitative estimate of drug-likeness (QED) is 0.631. The van der Waals surface area contributed by atoms with Gasteiger partial charge in [0.1, 0.15) is 0 Å². The van der Waals surface area contributed by atoms with Gasteiger partial charge in [-0.15, -0.1) is 0 Å². The number of aryl methyl sites for hydroxylation is 1. The molecule has 0 aliphatic rings. The second-order valence-electron chi connectivity index (χ2n) is 3.31. The van der Waals surface area contributed by atoms with E-state index >= 15 is 0 Å². The summed E-state index contributed by atoms with van der Waals surface area (Å²) in [7, 11) is 1.98. The SMILES string of the molecule is Cn1ccc2cc(C#CC(N)=O)ccc21. The maximum Gasteiger partial charge on any atom is 0.293 e. The zero-order chi connectivity index (χ0) is 10.8. The Kier molecular flexibility index (Phi) is 2.18. The van der Waals surface area contributed by atoms with Crippen LogP contribution in [0.25, 0.3) is 10.9 Å². The Morgan fingerprint density at radius 3 is 2.93 bits per heavy atom. The van der Waals surface area contributed by atoms with E-state index in [2.05, 4.69) is 11.8 Å². The highest BCUT2D eigenvalue weighted by atomic mass is 16.1. The van der Waals surface area contributed by atoms with Gasteiger partial charge in [-0.25, -0.2) is 0 Å². The Labute approximate surface area is 87.5 Å². The van der Waals surface area contributed by atoms with Gasteiger partial charge in [-0.05, 0) is 30.2 Å². The van der Waals surface area contributed by atoms with Crippen molar-refractivity contribution in [2.45, 2.75) is 0 Å². The van der Waals surface area contributed by atoms with Gasteiger partial charge in [-0.1, -0.05) is 5.92 Å². The lowest BCUT2D eigenvalue weighted by atomic mass is 10.1. The molecule has 3 nitrogen and oxygen atoms in total. The first-order chi connectivity index (χ1) is 7.16. The van der Waals surface area contributed by atoms with Crippen molar-refractivity contribution in [1.29, 1.82) is 0 Å². The van der Waals surface area contributed by atoms with Crippen LogP contribution in [-0.4, -0.2) is 10.5 Å². The molecular weight excluding hydrogens is 188 g/mol. The lowest BCUT2D eigenvalue weighted by molar-refractivity contribution is -0.112. The molecule has 0 bridgehead atoms. The summed E-state index contributed by atoms with van der Waals surface area (Å²) < 4.78 is 2.03. The van der Waals surface area contributed by atoms with Crippen molar-refractivity contribution in [1.82, 2.24) is 4.57 Å². The standard InChI is InChI=1S/C12H10N2O/c1-14-7-6-10-8-9(2-4-11(10)14)3-5-12(13)15/h2,4,6-8H,1H3,(H2,13,15). The smallest absolute Gasteiger partial charge is 0.293 e. The molecule has 2 aromatic rings. The number of amides is 1. The summed E-state index contributed by atoms with van der Waals surface area (Å²) in [6.07, 6.45) is 1.98. The van der Waals surface area contributed by atoms with E-state index in [0.29, 0.717) is 0 Å². The fraction of sp³-hybridized carbons (Fsp3) is 0.0833. The van der Waals surface area contributed by atoms with E-state index in [1.165, 1.54) is 0 Å². The zero-order valence-electron chi connectivity index (χ0n) is 8.32. The number of benzene rings is 1. The number of hydrogen-bond acceptors (Lipinski definition) is 1. The Balaban J connectivity index is 2.49. The number of rotatable bonds is 0. The van der Waals surface area contributed by atoms with E-state index in [9.17, 15) is 4.79 Å². The summed E-state index contributed by atoms with van der Waals surface area (Å²) in [6, 6.07) is 7.79.